The first-order valence-corrected chi connectivity index (χ1v) is 7.48. The van der Waals surface area contributed by atoms with Gasteiger partial charge in [0.15, 0.2) is 0 Å². The number of rotatable bonds is 1. The van der Waals surface area contributed by atoms with E-state index in [9.17, 15) is 4.79 Å². The van der Waals surface area contributed by atoms with Gasteiger partial charge >= 0.3 is 0 Å². The molecule has 0 saturated heterocycles. The molecule has 0 radical (unpaired) electrons. The highest BCUT2D eigenvalue weighted by atomic mass is 16.1. The van der Waals surface area contributed by atoms with Crippen molar-refractivity contribution in [1.82, 2.24) is 9.55 Å². The first-order valence-electron chi connectivity index (χ1n) is 7.48. The molecule has 0 amide bonds. The quantitative estimate of drug-likeness (QED) is 0.679. The van der Waals surface area contributed by atoms with Crippen molar-refractivity contribution in [3.8, 4) is 5.69 Å². The van der Waals surface area contributed by atoms with Gasteiger partial charge in [0.2, 0.25) is 0 Å². The third-order valence-corrected chi connectivity index (χ3v) is 3.79. The van der Waals surface area contributed by atoms with Gasteiger partial charge in [0, 0.05) is 5.41 Å². The van der Waals surface area contributed by atoms with Gasteiger partial charge in [-0.25, -0.2) is 4.98 Å². The molecule has 0 spiro atoms. The summed E-state index contributed by atoms with van der Waals surface area (Å²) in [4.78, 5) is 17.9. The Morgan fingerprint density at radius 2 is 1.64 bits per heavy atom. The van der Waals surface area contributed by atoms with Crippen molar-refractivity contribution in [3.63, 3.8) is 0 Å². The van der Waals surface area contributed by atoms with Gasteiger partial charge in [0.05, 0.1) is 16.6 Å². The first kappa shape index (κ1) is 14.5. The topological polar surface area (TPSA) is 34.9 Å². The van der Waals surface area contributed by atoms with Crippen molar-refractivity contribution in [2.45, 2.75) is 33.1 Å². The molecule has 0 saturated carbocycles. The number of para-hydroxylation sites is 1. The molecule has 3 heteroatoms. The second kappa shape index (κ2) is 5.09. The number of aryl methyl sites for hydroxylation is 1. The van der Waals surface area contributed by atoms with Gasteiger partial charge in [0.1, 0.15) is 5.82 Å². The smallest absolute Gasteiger partial charge is 0.266 e. The molecule has 3 aromatic rings. The summed E-state index contributed by atoms with van der Waals surface area (Å²) in [5.41, 5.74) is 2.35. The zero-order valence-corrected chi connectivity index (χ0v) is 13.4. The zero-order valence-electron chi connectivity index (χ0n) is 13.4. The van der Waals surface area contributed by atoms with Crippen molar-refractivity contribution in [2.75, 3.05) is 0 Å². The SMILES string of the molecule is Cc1cccc2nc(C(C)(C)C)n(-c3ccccc3)c(=O)c12. The highest BCUT2D eigenvalue weighted by molar-refractivity contribution is 5.81. The molecule has 0 aliphatic rings. The summed E-state index contributed by atoms with van der Waals surface area (Å²) in [6.07, 6.45) is 0. The maximum Gasteiger partial charge on any atom is 0.266 e. The minimum Gasteiger partial charge on any atom is -0.268 e. The van der Waals surface area contributed by atoms with Crippen LogP contribution in [0.2, 0.25) is 0 Å². The van der Waals surface area contributed by atoms with Gasteiger partial charge < -0.3 is 0 Å². The van der Waals surface area contributed by atoms with Crippen LogP contribution in [0, 0.1) is 6.92 Å². The molecule has 22 heavy (non-hydrogen) atoms. The molecule has 0 fully saturated rings. The Morgan fingerprint density at radius 1 is 0.955 bits per heavy atom. The summed E-state index contributed by atoms with van der Waals surface area (Å²) in [7, 11) is 0. The van der Waals surface area contributed by atoms with Crippen LogP contribution in [0.3, 0.4) is 0 Å². The van der Waals surface area contributed by atoms with Crippen LogP contribution in [0.25, 0.3) is 16.6 Å². The van der Waals surface area contributed by atoms with Crippen molar-refractivity contribution in [1.29, 1.82) is 0 Å². The second-order valence-electron chi connectivity index (χ2n) is 6.63. The molecule has 0 atom stereocenters. The first-order chi connectivity index (χ1) is 10.4. The minimum atomic E-state index is -0.229. The Balaban J connectivity index is 2.50. The van der Waals surface area contributed by atoms with Gasteiger partial charge in [-0.15, -0.1) is 0 Å². The fourth-order valence-electron chi connectivity index (χ4n) is 2.72. The van der Waals surface area contributed by atoms with Crippen LogP contribution >= 0.6 is 0 Å². The lowest BCUT2D eigenvalue weighted by Gasteiger charge is -2.23. The molecular weight excluding hydrogens is 272 g/mol. The Bertz CT molecular complexity index is 887. The fourth-order valence-corrected chi connectivity index (χ4v) is 2.72. The Hall–Kier alpha value is -2.42. The summed E-state index contributed by atoms with van der Waals surface area (Å²) in [5.74, 6) is 0.779. The minimum absolute atomic E-state index is 0.000718. The fraction of sp³-hybridized carbons (Fsp3) is 0.263. The highest BCUT2D eigenvalue weighted by Gasteiger charge is 2.23. The van der Waals surface area contributed by atoms with Gasteiger partial charge in [0.25, 0.3) is 5.56 Å². The van der Waals surface area contributed by atoms with Crippen LogP contribution in [0.4, 0.5) is 0 Å². The largest absolute Gasteiger partial charge is 0.268 e. The van der Waals surface area contributed by atoms with Crippen LogP contribution in [0.1, 0.15) is 32.2 Å². The van der Waals surface area contributed by atoms with Crippen molar-refractivity contribution in [3.05, 3.63) is 70.3 Å². The average molecular weight is 292 g/mol. The molecule has 0 aliphatic heterocycles. The van der Waals surface area contributed by atoms with Crippen LogP contribution in [0.15, 0.2) is 53.3 Å². The van der Waals surface area contributed by atoms with E-state index in [0.717, 1.165) is 22.6 Å². The second-order valence-corrected chi connectivity index (χ2v) is 6.63. The predicted molar refractivity (Wildman–Crippen MR) is 90.8 cm³/mol. The normalized spacial score (nSPS) is 11.8. The van der Waals surface area contributed by atoms with E-state index in [-0.39, 0.29) is 11.0 Å². The van der Waals surface area contributed by atoms with Gasteiger partial charge in [-0.1, -0.05) is 51.1 Å². The predicted octanol–water partition coefficient (Wildman–Crippen LogP) is 3.99. The Kier molecular flexibility index (Phi) is 3.36. The third-order valence-electron chi connectivity index (χ3n) is 3.79. The molecule has 112 valence electrons. The molecular formula is C19H20N2O. The van der Waals surface area contributed by atoms with E-state index in [1.165, 1.54) is 0 Å². The van der Waals surface area contributed by atoms with Crippen molar-refractivity contribution in [2.24, 2.45) is 0 Å². The van der Waals surface area contributed by atoms with E-state index in [2.05, 4.69) is 20.8 Å². The molecule has 3 nitrogen and oxygen atoms in total. The van der Waals surface area contributed by atoms with Crippen LogP contribution in [-0.2, 0) is 5.41 Å². The standard InChI is InChI=1S/C19H20N2O/c1-13-9-8-12-15-16(13)17(22)21(14-10-6-5-7-11-14)18(20-15)19(2,3)4/h5-12H,1-4H3. The number of fused-ring (bicyclic) bond motifs is 1. The molecule has 1 aromatic heterocycles. The van der Waals surface area contributed by atoms with Crippen molar-refractivity contribution >= 4 is 10.9 Å². The number of hydrogen-bond acceptors (Lipinski definition) is 2. The lowest BCUT2D eigenvalue weighted by molar-refractivity contribution is 0.526. The number of nitrogens with zero attached hydrogens (tertiary/aromatic N) is 2. The van der Waals surface area contributed by atoms with Gasteiger partial charge in [-0.05, 0) is 30.7 Å². The van der Waals surface area contributed by atoms with E-state index >= 15 is 0 Å². The lowest BCUT2D eigenvalue weighted by Crippen LogP contribution is -2.30. The van der Waals surface area contributed by atoms with E-state index in [4.69, 9.17) is 4.98 Å². The van der Waals surface area contributed by atoms with E-state index < -0.39 is 0 Å². The summed E-state index contributed by atoms with van der Waals surface area (Å²) in [6, 6.07) is 15.5. The highest BCUT2D eigenvalue weighted by Crippen LogP contribution is 2.24. The number of aromatic nitrogens is 2. The molecule has 2 aromatic carbocycles. The molecule has 0 bridgehead atoms. The number of hydrogen-bond donors (Lipinski definition) is 0. The van der Waals surface area contributed by atoms with E-state index in [1.54, 1.807) is 4.57 Å². The van der Waals surface area contributed by atoms with Crippen LogP contribution < -0.4 is 5.56 Å². The molecule has 3 rings (SSSR count). The van der Waals surface area contributed by atoms with Crippen molar-refractivity contribution < 1.29 is 0 Å². The molecule has 0 unspecified atom stereocenters. The lowest BCUT2D eigenvalue weighted by atomic mass is 9.94. The Morgan fingerprint density at radius 3 is 2.27 bits per heavy atom. The van der Waals surface area contributed by atoms with E-state index in [0.29, 0.717) is 5.39 Å². The average Bonchev–Trinajstić information content (AvgIpc) is 2.47. The zero-order chi connectivity index (χ0) is 15.9. The third kappa shape index (κ3) is 2.33. The summed E-state index contributed by atoms with van der Waals surface area (Å²) < 4.78 is 1.75. The monoisotopic (exact) mass is 292 g/mol. The summed E-state index contributed by atoms with van der Waals surface area (Å²) >= 11 is 0. The van der Waals surface area contributed by atoms with Gasteiger partial charge in [-0.3, -0.25) is 9.36 Å². The van der Waals surface area contributed by atoms with Gasteiger partial charge in [-0.2, -0.15) is 0 Å². The van der Waals surface area contributed by atoms with E-state index in [1.807, 2.05) is 55.5 Å². The molecule has 0 N–H and O–H groups in total. The maximum atomic E-state index is 13.1. The number of benzene rings is 2. The van der Waals surface area contributed by atoms with Crippen LogP contribution in [0.5, 0.6) is 0 Å². The summed E-state index contributed by atoms with van der Waals surface area (Å²) in [6.45, 7) is 8.19. The molecule has 0 aliphatic carbocycles. The summed E-state index contributed by atoms with van der Waals surface area (Å²) in [5, 5.41) is 0.694. The maximum absolute atomic E-state index is 13.1. The molecule has 1 heterocycles. The van der Waals surface area contributed by atoms with Crippen LogP contribution in [-0.4, -0.2) is 9.55 Å². The Labute approximate surface area is 130 Å².